The van der Waals surface area contributed by atoms with Crippen molar-refractivity contribution in [3.8, 4) is 0 Å². The largest absolute Gasteiger partial charge is 0.342 e. The van der Waals surface area contributed by atoms with Crippen molar-refractivity contribution < 1.29 is 4.79 Å². The molecule has 1 aliphatic heterocycles. The van der Waals surface area contributed by atoms with Gasteiger partial charge in [-0.25, -0.2) is 0 Å². The zero-order valence-electron chi connectivity index (χ0n) is 13.4. The first-order chi connectivity index (χ1) is 10.2. The number of piperidine rings is 1. The average molecular weight is 292 g/mol. The van der Waals surface area contributed by atoms with Crippen molar-refractivity contribution in [1.82, 2.24) is 4.90 Å². The predicted molar refractivity (Wildman–Crippen MR) is 85.8 cm³/mol. The summed E-state index contributed by atoms with van der Waals surface area (Å²) in [5.74, 6) is 2.90. The van der Waals surface area contributed by atoms with E-state index in [4.69, 9.17) is 5.73 Å². The first-order valence-corrected chi connectivity index (χ1v) is 9.25. The van der Waals surface area contributed by atoms with Gasteiger partial charge >= 0.3 is 0 Å². The third kappa shape index (κ3) is 4.00. The van der Waals surface area contributed by atoms with E-state index in [1.54, 1.807) is 0 Å². The van der Waals surface area contributed by atoms with Crippen molar-refractivity contribution >= 4 is 5.91 Å². The minimum Gasteiger partial charge on any atom is -0.342 e. The maximum atomic E-state index is 12.5. The maximum absolute atomic E-state index is 12.5. The summed E-state index contributed by atoms with van der Waals surface area (Å²) in [7, 11) is 0. The fourth-order valence-electron chi connectivity index (χ4n) is 4.79. The van der Waals surface area contributed by atoms with Gasteiger partial charge in [0.05, 0.1) is 0 Å². The Labute approximate surface area is 129 Å². The maximum Gasteiger partial charge on any atom is 0.222 e. The van der Waals surface area contributed by atoms with Crippen molar-refractivity contribution in [2.75, 3.05) is 13.1 Å². The van der Waals surface area contributed by atoms with Crippen molar-refractivity contribution in [3.63, 3.8) is 0 Å². The highest BCUT2D eigenvalue weighted by Gasteiger charge is 2.32. The number of carbonyl (C=O) groups excluding carboxylic acids is 1. The number of likely N-dealkylation sites (tertiary alicyclic amines) is 1. The van der Waals surface area contributed by atoms with Crippen LogP contribution in [0.5, 0.6) is 0 Å². The molecule has 0 aromatic rings. The zero-order valence-corrected chi connectivity index (χ0v) is 13.4. The predicted octanol–water partition coefficient (Wildman–Crippen LogP) is 3.32. The van der Waals surface area contributed by atoms with Crippen molar-refractivity contribution in [2.45, 2.75) is 76.7 Å². The SMILES string of the molecule is NC1CCC(CCC(=O)N2CCC3CCCCC3C2)CC1. The first-order valence-electron chi connectivity index (χ1n) is 9.25. The Morgan fingerprint density at radius 1 is 0.952 bits per heavy atom. The second-order valence-corrected chi connectivity index (χ2v) is 7.75. The van der Waals surface area contributed by atoms with Crippen LogP contribution in [-0.4, -0.2) is 29.9 Å². The number of fused-ring (bicyclic) bond motifs is 1. The molecule has 0 aromatic heterocycles. The van der Waals surface area contributed by atoms with E-state index in [2.05, 4.69) is 4.90 Å². The van der Waals surface area contributed by atoms with Crippen LogP contribution >= 0.6 is 0 Å². The van der Waals surface area contributed by atoms with Crippen LogP contribution in [0.1, 0.15) is 70.6 Å². The molecule has 3 heteroatoms. The van der Waals surface area contributed by atoms with Gasteiger partial charge in [-0.1, -0.05) is 19.3 Å². The lowest BCUT2D eigenvalue weighted by atomic mass is 9.75. The minimum absolute atomic E-state index is 0.419. The fraction of sp³-hybridized carbons (Fsp3) is 0.944. The zero-order chi connectivity index (χ0) is 14.7. The third-order valence-corrected chi connectivity index (χ3v) is 6.30. The molecule has 2 aliphatic carbocycles. The summed E-state index contributed by atoms with van der Waals surface area (Å²) in [4.78, 5) is 14.7. The molecule has 120 valence electrons. The smallest absolute Gasteiger partial charge is 0.222 e. The summed E-state index contributed by atoms with van der Waals surface area (Å²) in [6.45, 7) is 2.08. The van der Waals surface area contributed by atoms with E-state index in [0.717, 1.165) is 56.5 Å². The summed E-state index contributed by atoms with van der Waals surface area (Å²) in [5.41, 5.74) is 5.96. The van der Waals surface area contributed by atoms with E-state index in [-0.39, 0.29) is 0 Å². The molecule has 1 amide bonds. The van der Waals surface area contributed by atoms with Gasteiger partial charge in [0.2, 0.25) is 5.91 Å². The Morgan fingerprint density at radius 2 is 1.67 bits per heavy atom. The number of rotatable bonds is 3. The lowest BCUT2D eigenvalue weighted by Gasteiger charge is -2.41. The van der Waals surface area contributed by atoms with Gasteiger partial charge < -0.3 is 10.6 Å². The lowest BCUT2D eigenvalue weighted by Crippen LogP contribution is -2.44. The molecule has 0 spiro atoms. The highest BCUT2D eigenvalue weighted by atomic mass is 16.2. The van der Waals surface area contributed by atoms with Gasteiger partial charge in [0.25, 0.3) is 0 Å². The van der Waals surface area contributed by atoms with Gasteiger partial charge in [-0.05, 0) is 62.7 Å². The van der Waals surface area contributed by atoms with E-state index in [0.29, 0.717) is 11.9 Å². The highest BCUT2D eigenvalue weighted by Crippen LogP contribution is 2.36. The molecule has 2 saturated carbocycles. The second kappa shape index (κ2) is 7.13. The van der Waals surface area contributed by atoms with Crippen LogP contribution in [-0.2, 0) is 4.79 Å². The molecule has 2 atom stereocenters. The summed E-state index contributed by atoms with van der Waals surface area (Å²) in [6, 6.07) is 0.419. The molecule has 21 heavy (non-hydrogen) atoms. The number of hydrogen-bond donors (Lipinski definition) is 1. The molecular formula is C18H32N2O. The fourth-order valence-corrected chi connectivity index (χ4v) is 4.79. The standard InChI is InChI=1S/C18H32N2O/c19-17-8-5-14(6-9-17)7-10-18(21)20-12-11-15-3-1-2-4-16(15)13-20/h14-17H,1-13,19H2. The number of amides is 1. The molecule has 0 bridgehead atoms. The molecule has 3 nitrogen and oxygen atoms in total. The van der Waals surface area contributed by atoms with Crippen LogP contribution in [0, 0.1) is 17.8 Å². The number of nitrogens with two attached hydrogens (primary N) is 1. The van der Waals surface area contributed by atoms with Gasteiger partial charge in [-0.3, -0.25) is 4.79 Å². The topological polar surface area (TPSA) is 46.3 Å². The Morgan fingerprint density at radius 3 is 2.43 bits per heavy atom. The van der Waals surface area contributed by atoms with Crippen LogP contribution < -0.4 is 5.73 Å². The normalized spacial score (nSPS) is 37.1. The molecular weight excluding hydrogens is 260 g/mol. The summed E-state index contributed by atoms with van der Waals surface area (Å²) in [6.07, 6.45) is 13.5. The summed E-state index contributed by atoms with van der Waals surface area (Å²) < 4.78 is 0. The molecule has 0 aromatic carbocycles. The van der Waals surface area contributed by atoms with E-state index < -0.39 is 0 Å². The third-order valence-electron chi connectivity index (χ3n) is 6.30. The van der Waals surface area contributed by atoms with Crippen LogP contribution in [0.3, 0.4) is 0 Å². The molecule has 1 saturated heterocycles. The van der Waals surface area contributed by atoms with Gasteiger partial charge in [0.15, 0.2) is 0 Å². The summed E-state index contributed by atoms with van der Waals surface area (Å²) >= 11 is 0. The Bertz CT molecular complexity index is 349. The van der Waals surface area contributed by atoms with Crippen LogP contribution in [0.2, 0.25) is 0 Å². The van der Waals surface area contributed by atoms with Crippen LogP contribution in [0.25, 0.3) is 0 Å². The molecule has 3 rings (SSSR count). The van der Waals surface area contributed by atoms with Crippen LogP contribution in [0.4, 0.5) is 0 Å². The molecule has 3 fully saturated rings. The lowest BCUT2D eigenvalue weighted by molar-refractivity contribution is -0.134. The van der Waals surface area contributed by atoms with E-state index in [1.807, 2.05) is 0 Å². The van der Waals surface area contributed by atoms with E-state index in [9.17, 15) is 4.79 Å². The minimum atomic E-state index is 0.419. The van der Waals surface area contributed by atoms with E-state index >= 15 is 0 Å². The first kappa shape index (κ1) is 15.3. The van der Waals surface area contributed by atoms with Crippen molar-refractivity contribution in [3.05, 3.63) is 0 Å². The van der Waals surface area contributed by atoms with Crippen LogP contribution in [0.15, 0.2) is 0 Å². The molecule has 3 aliphatic rings. The summed E-state index contributed by atoms with van der Waals surface area (Å²) in [5, 5.41) is 0. The molecule has 1 heterocycles. The van der Waals surface area contributed by atoms with Crippen molar-refractivity contribution in [1.29, 1.82) is 0 Å². The molecule has 0 radical (unpaired) electrons. The van der Waals surface area contributed by atoms with Gasteiger partial charge in [-0.2, -0.15) is 0 Å². The number of hydrogen-bond acceptors (Lipinski definition) is 2. The van der Waals surface area contributed by atoms with Gasteiger partial charge in [0, 0.05) is 25.6 Å². The van der Waals surface area contributed by atoms with Crippen molar-refractivity contribution in [2.24, 2.45) is 23.5 Å². The Kier molecular flexibility index (Phi) is 5.20. The van der Waals surface area contributed by atoms with Gasteiger partial charge in [0.1, 0.15) is 0 Å². The number of nitrogens with zero attached hydrogens (tertiary/aromatic N) is 1. The monoisotopic (exact) mass is 292 g/mol. The average Bonchev–Trinajstić information content (AvgIpc) is 2.53. The Balaban J connectivity index is 1.41. The number of carbonyl (C=O) groups is 1. The Hall–Kier alpha value is -0.570. The molecule has 2 N–H and O–H groups in total. The molecule has 2 unspecified atom stereocenters. The second-order valence-electron chi connectivity index (χ2n) is 7.75. The quantitative estimate of drug-likeness (QED) is 0.867. The van der Waals surface area contributed by atoms with Gasteiger partial charge in [-0.15, -0.1) is 0 Å². The highest BCUT2D eigenvalue weighted by molar-refractivity contribution is 5.76. The van der Waals surface area contributed by atoms with E-state index in [1.165, 1.54) is 44.9 Å².